The van der Waals surface area contributed by atoms with E-state index in [0.29, 0.717) is 23.8 Å². The van der Waals surface area contributed by atoms with Crippen LogP contribution in [0.1, 0.15) is 18.4 Å². The number of hydrogen-bond donors (Lipinski definition) is 0. The van der Waals surface area contributed by atoms with Gasteiger partial charge in [-0.05, 0) is 31.9 Å². The number of piperidine rings is 1. The van der Waals surface area contributed by atoms with Crippen LogP contribution in [0.2, 0.25) is 5.02 Å². The Morgan fingerprint density at radius 1 is 1.09 bits per heavy atom. The summed E-state index contributed by atoms with van der Waals surface area (Å²) in [5.41, 5.74) is 4.07. The molecule has 1 fully saturated rings. The summed E-state index contributed by atoms with van der Waals surface area (Å²) in [7, 11) is 1.79. The maximum Gasteiger partial charge on any atom is 0.263 e. The lowest BCUT2D eigenvalue weighted by molar-refractivity contribution is -0.122. The molecule has 0 aliphatic carbocycles. The molecule has 1 amide bonds. The van der Waals surface area contributed by atoms with E-state index in [2.05, 4.69) is 20.0 Å². The first-order valence-electron chi connectivity index (χ1n) is 11.0. The number of fused-ring (bicyclic) bond motifs is 1. The number of aromatic nitrogens is 3. The Kier molecular flexibility index (Phi) is 5.72. The molecule has 0 saturated carbocycles. The van der Waals surface area contributed by atoms with Crippen molar-refractivity contribution in [2.45, 2.75) is 19.8 Å². The molecule has 8 heteroatoms. The number of rotatable bonds is 4. The molecule has 2 aromatic carbocycles. The zero-order valence-electron chi connectivity index (χ0n) is 18.5. The summed E-state index contributed by atoms with van der Waals surface area (Å²) in [5, 5.41) is 5.66. The summed E-state index contributed by atoms with van der Waals surface area (Å²) in [6, 6.07) is 15.6. The molecule has 1 aliphatic rings. The normalized spacial score (nSPS) is 14.6. The van der Waals surface area contributed by atoms with Crippen LogP contribution in [0.15, 0.2) is 59.4 Å². The summed E-state index contributed by atoms with van der Waals surface area (Å²) in [5.74, 6) is 0.807. The number of anilines is 2. The highest BCUT2D eigenvalue weighted by Gasteiger charge is 2.30. The molecule has 1 aliphatic heterocycles. The molecule has 2 aromatic heterocycles. The van der Waals surface area contributed by atoms with Crippen molar-refractivity contribution < 1.29 is 9.32 Å². The van der Waals surface area contributed by atoms with Gasteiger partial charge in [0.1, 0.15) is 23.2 Å². The predicted molar refractivity (Wildman–Crippen MR) is 130 cm³/mol. The van der Waals surface area contributed by atoms with E-state index >= 15 is 0 Å². The van der Waals surface area contributed by atoms with Crippen LogP contribution in [0.5, 0.6) is 0 Å². The smallest absolute Gasteiger partial charge is 0.263 e. The predicted octanol–water partition coefficient (Wildman–Crippen LogP) is 5.13. The number of carbonyl (C=O) groups is 1. The maximum atomic E-state index is 13.1. The standard InChI is InChI=1S/C25H24ClN5O2/c1-16-7-9-17(10-8-16)22-21-23(27-15-28-24(21)33-29-22)31-13-11-18(12-14-31)25(32)30(2)20-6-4-3-5-19(20)26/h3-10,15,18H,11-14H2,1-2H3. The van der Waals surface area contributed by atoms with E-state index in [1.165, 1.54) is 11.9 Å². The van der Waals surface area contributed by atoms with Gasteiger partial charge in [0, 0.05) is 31.6 Å². The number of aryl methyl sites for hydroxylation is 1. The summed E-state index contributed by atoms with van der Waals surface area (Å²) in [6.07, 6.45) is 2.96. The lowest BCUT2D eigenvalue weighted by atomic mass is 9.95. The Balaban J connectivity index is 1.37. The van der Waals surface area contributed by atoms with Crippen molar-refractivity contribution in [3.63, 3.8) is 0 Å². The number of benzene rings is 2. The van der Waals surface area contributed by atoms with Crippen LogP contribution >= 0.6 is 11.6 Å². The van der Waals surface area contributed by atoms with Crippen molar-refractivity contribution in [3.8, 4) is 11.3 Å². The van der Waals surface area contributed by atoms with Crippen LogP contribution in [-0.4, -0.2) is 41.2 Å². The number of halogens is 1. The van der Waals surface area contributed by atoms with Crippen LogP contribution in [0.25, 0.3) is 22.4 Å². The highest BCUT2D eigenvalue weighted by Crippen LogP contribution is 2.35. The lowest BCUT2D eigenvalue weighted by Crippen LogP contribution is -2.41. The minimum Gasteiger partial charge on any atom is -0.356 e. The average molecular weight is 462 g/mol. The number of carbonyl (C=O) groups excluding carboxylic acids is 1. The molecule has 0 N–H and O–H groups in total. The molecule has 0 spiro atoms. The monoisotopic (exact) mass is 461 g/mol. The van der Waals surface area contributed by atoms with Crippen LogP contribution < -0.4 is 9.80 Å². The van der Waals surface area contributed by atoms with Gasteiger partial charge in [0.2, 0.25) is 5.91 Å². The van der Waals surface area contributed by atoms with E-state index in [1.54, 1.807) is 18.0 Å². The zero-order valence-corrected chi connectivity index (χ0v) is 19.3. The third kappa shape index (κ3) is 4.04. The molecular formula is C25H24ClN5O2. The number of para-hydroxylation sites is 1. The molecule has 7 nitrogen and oxygen atoms in total. The molecule has 5 rings (SSSR count). The SMILES string of the molecule is Cc1ccc(-c2noc3ncnc(N4CCC(C(=O)N(C)c5ccccc5Cl)CC4)c23)cc1. The summed E-state index contributed by atoms with van der Waals surface area (Å²) < 4.78 is 5.52. The largest absolute Gasteiger partial charge is 0.356 e. The Bertz CT molecular complexity index is 1300. The average Bonchev–Trinajstić information content (AvgIpc) is 3.28. The van der Waals surface area contributed by atoms with Gasteiger partial charge in [-0.2, -0.15) is 4.98 Å². The molecule has 0 unspecified atom stereocenters. The molecule has 4 aromatic rings. The fraction of sp³-hybridized carbons (Fsp3) is 0.280. The van der Waals surface area contributed by atoms with Gasteiger partial charge in [-0.15, -0.1) is 0 Å². The first-order valence-corrected chi connectivity index (χ1v) is 11.3. The fourth-order valence-electron chi connectivity index (χ4n) is 4.37. The summed E-state index contributed by atoms with van der Waals surface area (Å²) in [6.45, 7) is 3.46. The molecule has 0 atom stereocenters. The van der Waals surface area contributed by atoms with Crippen molar-refractivity contribution in [2.24, 2.45) is 5.92 Å². The molecular weight excluding hydrogens is 438 g/mol. The van der Waals surface area contributed by atoms with Crippen LogP contribution in [0.3, 0.4) is 0 Å². The van der Waals surface area contributed by atoms with Gasteiger partial charge in [0.25, 0.3) is 5.71 Å². The van der Waals surface area contributed by atoms with E-state index in [9.17, 15) is 4.79 Å². The second-order valence-corrected chi connectivity index (χ2v) is 8.79. The molecule has 168 valence electrons. The van der Waals surface area contributed by atoms with Gasteiger partial charge < -0.3 is 14.3 Å². The van der Waals surface area contributed by atoms with Crippen molar-refractivity contribution in [1.82, 2.24) is 15.1 Å². The highest BCUT2D eigenvalue weighted by molar-refractivity contribution is 6.33. The Morgan fingerprint density at radius 3 is 2.55 bits per heavy atom. The maximum absolute atomic E-state index is 13.1. The molecule has 1 saturated heterocycles. The van der Waals surface area contributed by atoms with E-state index in [4.69, 9.17) is 16.1 Å². The minimum absolute atomic E-state index is 0.0705. The van der Waals surface area contributed by atoms with Crippen molar-refractivity contribution >= 4 is 40.1 Å². The summed E-state index contributed by atoms with van der Waals surface area (Å²) in [4.78, 5) is 25.8. The van der Waals surface area contributed by atoms with Gasteiger partial charge in [-0.1, -0.05) is 58.7 Å². The van der Waals surface area contributed by atoms with Gasteiger partial charge >= 0.3 is 0 Å². The first-order chi connectivity index (χ1) is 16.0. The number of amides is 1. The van der Waals surface area contributed by atoms with E-state index in [1.807, 2.05) is 49.4 Å². The van der Waals surface area contributed by atoms with Gasteiger partial charge in [-0.3, -0.25) is 4.79 Å². The Morgan fingerprint density at radius 2 is 1.82 bits per heavy atom. The molecule has 33 heavy (non-hydrogen) atoms. The third-order valence-electron chi connectivity index (χ3n) is 6.27. The van der Waals surface area contributed by atoms with Crippen LogP contribution in [-0.2, 0) is 4.79 Å². The van der Waals surface area contributed by atoms with E-state index in [-0.39, 0.29) is 11.8 Å². The lowest BCUT2D eigenvalue weighted by Gasteiger charge is -2.34. The van der Waals surface area contributed by atoms with Gasteiger partial charge in [-0.25, -0.2) is 4.98 Å². The van der Waals surface area contributed by atoms with E-state index < -0.39 is 0 Å². The fourth-order valence-corrected chi connectivity index (χ4v) is 4.64. The van der Waals surface area contributed by atoms with E-state index in [0.717, 1.165) is 41.0 Å². The number of hydrogen-bond acceptors (Lipinski definition) is 6. The topological polar surface area (TPSA) is 75.4 Å². The minimum atomic E-state index is -0.0705. The van der Waals surface area contributed by atoms with Gasteiger partial charge in [0.05, 0.1) is 10.7 Å². The molecule has 0 bridgehead atoms. The second kappa shape index (κ2) is 8.83. The second-order valence-electron chi connectivity index (χ2n) is 8.38. The van der Waals surface area contributed by atoms with Gasteiger partial charge in [0.15, 0.2) is 0 Å². The summed E-state index contributed by atoms with van der Waals surface area (Å²) >= 11 is 6.29. The van der Waals surface area contributed by atoms with Crippen molar-refractivity contribution in [2.75, 3.05) is 29.9 Å². The number of nitrogens with zero attached hydrogens (tertiary/aromatic N) is 5. The Hall–Kier alpha value is -3.45. The van der Waals surface area contributed by atoms with Crippen LogP contribution in [0.4, 0.5) is 11.5 Å². The van der Waals surface area contributed by atoms with Crippen LogP contribution in [0, 0.1) is 12.8 Å². The van der Waals surface area contributed by atoms with Crippen molar-refractivity contribution in [3.05, 3.63) is 65.4 Å². The third-order valence-corrected chi connectivity index (χ3v) is 6.59. The van der Waals surface area contributed by atoms with Crippen molar-refractivity contribution in [1.29, 1.82) is 0 Å². The highest BCUT2D eigenvalue weighted by atomic mass is 35.5. The molecule has 0 radical (unpaired) electrons. The quantitative estimate of drug-likeness (QED) is 0.419. The first kappa shape index (κ1) is 21.4. The molecule has 3 heterocycles. The Labute approximate surface area is 197 Å². The zero-order chi connectivity index (χ0) is 22.9.